The van der Waals surface area contributed by atoms with E-state index in [2.05, 4.69) is 4.90 Å². The topological polar surface area (TPSA) is 23.6 Å². The lowest BCUT2D eigenvalue weighted by Gasteiger charge is -2.38. The van der Waals surface area contributed by atoms with Gasteiger partial charge >= 0.3 is 0 Å². The Morgan fingerprint density at radius 1 is 1.11 bits per heavy atom. The van der Waals surface area contributed by atoms with E-state index in [0.717, 1.165) is 19.1 Å². The molecule has 0 aromatic rings. The average Bonchev–Trinajstić information content (AvgIpc) is 3.01. The van der Waals surface area contributed by atoms with Gasteiger partial charge in [0.05, 0.1) is 5.38 Å². The molecule has 3 fully saturated rings. The number of hydrogen-bond acceptors (Lipinski definition) is 2. The summed E-state index contributed by atoms with van der Waals surface area (Å²) in [4.78, 5) is 16.5. The van der Waals surface area contributed by atoms with Gasteiger partial charge in [-0.3, -0.25) is 4.79 Å². The summed E-state index contributed by atoms with van der Waals surface area (Å²) in [7, 11) is 0. The van der Waals surface area contributed by atoms with Crippen LogP contribution in [0.1, 0.15) is 44.9 Å². The van der Waals surface area contributed by atoms with Gasteiger partial charge in [-0.15, -0.1) is 11.6 Å². The van der Waals surface area contributed by atoms with Crippen molar-refractivity contribution in [2.45, 2.75) is 56.4 Å². The fraction of sp³-hybridized carbons (Fsp3) is 0.933. The van der Waals surface area contributed by atoms with Crippen LogP contribution >= 0.6 is 11.6 Å². The Morgan fingerprint density at radius 2 is 1.89 bits per heavy atom. The summed E-state index contributed by atoms with van der Waals surface area (Å²) >= 11 is 6.08. The highest BCUT2D eigenvalue weighted by molar-refractivity contribution is 6.22. The Bertz CT molecular complexity index is 330. The number of carbonyl (C=O) groups is 1. The average molecular weight is 285 g/mol. The Morgan fingerprint density at radius 3 is 2.58 bits per heavy atom. The van der Waals surface area contributed by atoms with Gasteiger partial charge in [-0.05, 0) is 38.1 Å². The molecule has 0 radical (unpaired) electrons. The van der Waals surface area contributed by atoms with Crippen LogP contribution in [0.4, 0.5) is 0 Å². The predicted octanol–water partition coefficient (Wildman–Crippen LogP) is 2.48. The normalized spacial score (nSPS) is 34.4. The van der Waals surface area contributed by atoms with E-state index in [1.165, 1.54) is 51.6 Å². The molecule has 0 aromatic carbocycles. The number of rotatable bonds is 3. The predicted molar refractivity (Wildman–Crippen MR) is 77.4 cm³/mol. The van der Waals surface area contributed by atoms with Crippen LogP contribution in [0.15, 0.2) is 0 Å². The van der Waals surface area contributed by atoms with Gasteiger partial charge in [-0.25, -0.2) is 0 Å². The molecule has 0 spiro atoms. The first-order chi connectivity index (χ1) is 9.22. The fourth-order valence-electron chi connectivity index (χ4n) is 4.06. The molecule has 3 rings (SSSR count). The molecule has 2 heterocycles. The quantitative estimate of drug-likeness (QED) is 0.744. The third kappa shape index (κ3) is 3.25. The van der Waals surface area contributed by atoms with E-state index in [1.807, 2.05) is 4.90 Å². The SMILES string of the molecule is O=C1CC(Cl)CN1CC1CCCN(C2CCCC2)C1. The second kappa shape index (κ2) is 6.01. The van der Waals surface area contributed by atoms with Crippen molar-refractivity contribution >= 4 is 17.5 Å². The molecule has 1 aliphatic carbocycles. The lowest BCUT2D eigenvalue weighted by Crippen LogP contribution is -2.45. The first kappa shape index (κ1) is 13.7. The highest BCUT2D eigenvalue weighted by Gasteiger charge is 2.33. The summed E-state index contributed by atoms with van der Waals surface area (Å²) in [5.41, 5.74) is 0. The molecule has 108 valence electrons. The van der Waals surface area contributed by atoms with Crippen molar-refractivity contribution in [2.75, 3.05) is 26.2 Å². The molecule has 0 N–H and O–H groups in total. The maximum absolute atomic E-state index is 11.8. The van der Waals surface area contributed by atoms with Crippen molar-refractivity contribution < 1.29 is 4.79 Å². The van der Waals surface area contributed by atoms with E-state index in [-0.39, 0.29) is 11.3 Å². The van der Waals surface area contributed by atoms with Gasteiger partial charge in [-0.2, -0.15) is 0 Å². The van der Waals surface area contributed by atoms with E-state index in [1.54, 1.807) is 0 Å². The second-order valence-electron chi connectivity index (χ2n) is 6.54. The van der Waals surface area contributed by atoms with Crippen molar-refractivity contribution in [2.24, 2.45) is 5.92 Å². The molecular formula is C15H25ClN2O. The van der Waals surface area contributed by atoms with Crippen LogP contribution < -0.4 is 0 Å². The van der Waals surface area contributed by atoms with Crippen molar-refractivity contribution in [3.63, 3.8) is 0 Å². The van der Waals surface area contributed by atoms with Crippen molar-refractivity contribution in [3.05, 3.63) is 0 Å². The summed E-state index contributed by atoms with van der Waals surface area (Å²) in [6.07, 6.45) is 8.71. The van der Waals surface area contributed by atoms with E-state index in [9.17, 15) is 4.79 Å². The van der Waals surface area contributed by atoms with Gasteiger partial charge in [0.25, 0.3) is 0 Å². The zero-order valence-electron chi connectivity index (χ0n) is 11.7. The third-order valence-corrected chi connectivity index (χ3v) is 5.33. The number of carbonyl (C=O) groups excluding carboxylic acids is 1. The standard InChI is InChI=1S/C15H25ClN2O/c16-13-8-15(19)18(11-13)10-12-4-3-7-17(9-12)14-5-1-2-6-14/h12-14H,1-11H2. The Kier molecular flexibility index (Phi) is 4.33. The summed E-state index contributed by atoms with van der Waals surface area (Å²) in [6, 6.07) is 0.831. The smallest absolute Gasteiger partial charge is 0.224 e. The molecule has 2 saturated heterocycles. The number of piperidine rings is 1. The minimum atomic E-state index is 0.0435. The number of halogens is 1. The van der Waals surface area contributed by atoms with Crippen LogP contribution in [-0.2, 0) is 4.79 Å². The number of alkyl halides is 1. The lowest BCUT2D eigenvalue weighted by molar-refractivity contribution is -0.128. The van der Waals surface area contributed by atoms with Crippen molar-refractivity contribution in [3.8, 4) is 0 Å². The molecule has 3 nitrogen and oxygen atoms in total. The Hall–Kier alpha value is -0.280. The molecule has 4 heteroatoms. The van der Waals surface area contributed by atoms with Gasteiger partial charge in [0, 0.05) is 32.1 Å². The minimum absolute atomic E-state index is 0.0435. The van der Waals surface area contributed by atoms with E-state index in [0.29, 0.717) is 12.3 Å². The molecule has 19 heavy (non-hydrogen) atoms. The Labute approximate surface area is 121 Å². The van der Waals surface area contributed by atoms with Gasteiger partial charge in [0.2, 0.25) is 5.91 Å². The number of likely N-dealkylation sites (tertiary alicyclic amines) is 2. The molecule has 1 saturated carbocycles. The number of hydrogen-bond donors (Lipinski definition) is 0. The van der Waals surface area contributed by atoms with E-state index >= 15 is 0 Å². The molecular weight excluding hydrogens is 260 g/mol. The monoisotopic (exact) mass is 284 g/mol. The molecule has 0 aromatic heterocycles. The zero-order chi connectivity index (χ0) is 13.2. The first-order valence-electron chi connectivity index (χ1n) is 7.88. The highest BCUT2D eigenvalue weighted by atomic mass is 35.5. The largest absolute Gasteiger partial charge is 0.341 e. The summed E-state index contributed by atoms with van der Waals surface area (Å²) < 4.78 is 0. The summed E-state index contributed by atoms with van der Waals surface area (Å²) in [6.45, 7) is 4.17. The Balaban J connectivity index is 1.52. The van der Waals surface area contributed by atoms with Gasteiger partial charge < -0.3 is 9.80 Å². The molecule has 2 atom stereocenters. The van der Waals surface area contributed by atoms with Crippen LogP contribution in [0.3, 0.4) is 0 Å². The second-order valence-corrected chi connectivity index (χ2v) is 7.16. The zero-order valence-corrected chi connectivity index (χ0v) is 12.4. The minimum Gasteiger partial charge on any atom is -0.341 e. The molecule has 2 aliphatic heterocycles. The number of nitrogens with zero attached hydrogens (tertiary/aromatic N) is 2. The third-order valence-electron chi connectivity index (χ3n) is 5.04. The number of amides is 1. The first-order valence-corrected chi connectivity index (χ1v) is 8.32. The lowest BCUT2D eigenvalue weighted by atomic mass is 9.95. The maximum atomic E-state index is 11.8. The van der Waals surface area contributed by atoms with E-state index in [4.69, 9.17) is 11.6 Å². The van der Waals surface area contributed by atoms with Crippen LogP contribution in [-0.4, -0.2) is 53.3 Å². The van der Waals surface area contributed by atoms with Crippen molar-refractivity contribution in [1.82, 2.24) is 9.80 Å². The van der Waals surface area contributed by atoms with Crippen LogP contribution in [0.5, 0.6) is 0 Å². The van der Waals surface area contributed by atoms with Gasteiger partial charge in [-0.1, -0.05) is 12.8 Å². The molecule has 3 aliphatic rings. The van der Waals surface area contributed by atoms with Crippen LogP contribution in [0.25, 0.3) is 0 Å². The summed E-state index contributed by atoms with van der Waals surface area (Å²) in [5.74, 6) is 0.929. The molecule has 2 unspecified atom stereocenters. The molecule has 0 bridgehead atoms. The van der Waals surface area contributed by atoms with Crippen LogP contribution in [0.2, 0.25) is 0 Å². The fourth-order valence-corrected chi connectivity index (χ4v) is 4.36. The maximum Gasteiger partial charge on any atom is 0.224 e. The van der Waals surface area contributed by atoms with Gasteiger partial charge in [0.15, 0.2) is 0 Å². The van der Waals surface area contributed by atoms with Gasteiger partial charge in [0.1, 0.15) is 0 Å². The van der Waals surface area contributed by atoms with Crippen molar-refractivity contribution in [1.29, 1.82) is 0 Å². The highest BCUT2D eigenvalue weighted by Crippen LogP contribution is 2.29. The summed E-state index contributed by atoms with van der Waals surface area (Å²) in [5, 5.41) is 0.0435. The van der Waals surface area contributed by atoms with E-state index < -0.39 is 0 Å². The van der Waals surface area contributed by atoms with Crippen LogP contribution in [0, 0.1) is 5.92 Å². The molecule has 1 amide bonds.